The van der Waals surface area contributed by atoms with E-state index in [9.17, 15) is 9.90 Å². The Morgan fingerprint density at radius 3 is 2.69 bits per heavy atom. The van der Waals surface area contributed by atoms with Gasteiger partial charge in [0.2, 0.25) is 0 Å². The Kier molecular flexibility index (Phi) is 12.1. The van der Waals surface area contributed by atoms with E-state index in [0.717, 1.165) is 51.5 Å². The van der Waals surface area contributed by atoms with Crippen molar-refractivity contribution in [1.29, 1.82) is 0 Å². The first kappa shape index (κ1) is 26.7. The molecule has 0 bridgehead atoms. The van der Waals surface area contributed by atoms with Gasteiger partial charge in [0.05, 0.1) is 30.9 Å². The number of hydrogen-bond donors (Lipinski definition) is 3. The molecule has 0 aromatic heterocycles. The van der Waals surface area contributed by atoms with Gasteiger partial charge in [-0.25, -0.2) is 0 Å². The van der Waals surface area contributed by atoms with Crippen LogP contribution in [0.4, 0.5) is 0 Å². The largest absolute Gasteiger partial charge is 0.507 e. The fourth-order valence-electron chi connectivity index (χ4n) is 3.93. The predicted octanol–water partition coefficient (Wildman–Crippen LogP) is 2.76. The highest BCUT2D eigenvalue weighted by atomic mass is 127. The van der Waals surface area contributed by atoms with Crippen molar-refractivity contribution in [2.45, 2.75) is 51.2 Å². The number of rotatable bonds is 8. The summed E-state index contributed by atoms with van der Waals surface area (Å²) >= 11 is 0. The average molecular weight is 560 g/mol. The van der Waals surface area contributed by atoms with E-state index in [0.29, 0.717) is 19.7 Å². The summed E-state index contributed by atoms with van der Waals surface area (Å²) in [5, 5.41) is 15.9. The second-order valence-corrected chi connectivity index (χ2v) is 8.02. The summed E-state index contributed by atoms with van der Waals surface area (Å²) in [6, 6.07) is 6.53. The number of carbonyl (C=O) groups excluding carboxylic acids is 1. The lowest BCUT2D eigenvalue weighted by Crippen LogP contribution is -2.47. The van der Waals surface area contributed by atoms with Gasteiger partial charge in [-0.05, 0) is 51.2 Å². The van der Waals surface area contributed by atoms with Gasteiger partial charge < -0.3 is 30.1 Å². The highest BCUT2D eigenvalue weighted by Gasteiger charge is 2.23. The van der Waals surface area contributed by atoms with Crippen LogP contribution in [0, 0.1) is 0 Å². The summed E-state index contributed by atoms with van der Waals surface area (Å²) < 4.78 is 11.9. The molecule has 2 aliphatic heterocycles. The van der Waals surface area contributed by atoms with Crippen LogP contribution in [0.5, 0.6) is 5.75 Å². The molecule has 1 atom stereocenters. The fraction of sp³-hybridized carbons (Fsp3) is 0.652. The van der Waals surface area contributed by atoms with Crippen molar-refractivity contribution in [3.8, 4) is 5.75 Å². The number of piperidine rings is 1. The van der Waals surface area contributed by atoms with E-state index in [2.05, 4.69) is 27.4 Å². The Morgan fingerprint density at radius 1 is 1.22 bits per heavy atom. The summed E-state index contributed by atoms with van der Waals surface area (Å²) in [6.45, 7) is 7.07. The number of aliphatic imine (C=N–C) groups is 1. The first-order valence-corrected chi connectivity index (χ1v) is 11.5. The van der Waals surface area contributed by atoms with Crippen LogP contribution < -0.4 is 10.6 Å². The Balaban J connectivity index is 0.00000363. The molecule has 1 aromatic carbocycles. The fourth-order valence-corrected chi connectivity index (χ4v) is 3.93. The maximum absolute atomic E-state index is 12.2. The minimum atomic E-state index is -0.293. The molecule has 1 aromatic rings. The van der Waals surface area contributed by atoms with E-state index in [1.54, 1.807) is 18.2 Å². The number of ether oxygens (including phenoxy) is 2. The van der Waals surface area contributed by atoms with Crippen molar-refractivity contribution in [2.24, 2.45) is 4.99 Å². The highest BCUT2D eigenvalue weighted by Crippen LogP contribution is 2.18. The molecule has 0 spiro atoms. The number of benzene rings is 1. The second kappa shape index (κ2) is 14.5. The topological polar surface area (TPSA) is 95.4 Å². The molecule has 2 saturated heterocycles. The summed E-state index contributed by atoms with van der Waals surface area (Å²) in [5.74, 6) is 0.559. The molecule has 2 fully saturated rings. The summed E-state index contributed by atoms with van der Waals surface area (Å²) in [6.07, 6.45) is 6.00. The van der Waals surface area contributed by atoms with Crippen LogP contribution in [0.1, 0.15) is 49.4 Å². The van der Waals surface area contributed by atoms with Gasteiger partial charge in [0.25, 0.3) is 5.91 Å². The monoisotopic (exact) mass is 560 g/mol. The third-order valence-electron chi connectivity index (χ3n) is 5.68. The van der Waals surface area contributed by atoms with Crippen molar-refractivity contribution in [2.75, 3.05) is 45.9 Å². The zero-order valence-corrected chi connectivity index (χ0v) is 21.3. The number of halogens is 1. The molecule has 2 aliphatic rings. The van der Waals surface area contributed by atoms with Gasteiger partial charge in [0, 0.05) is 32.8 Å². The van der Waals surface area contributed by atoms with Crippen molar-refractivity contribution in [3.63, 3.8) is 0 Å². The molecule has 3 rings (SSSR count). The van der Waals surface area contributed by atoms with Crippen LogP contribution in [0.2, 0.25) is 0 Å². The first-order chi connectivity index (χ1) is 15.2. The van der Waals surface area contributed by atoms with Gasteiger partial charge in [-0.3, -0.25) is 9.79 Å². The molecule has 1 unspecified atom stereocenters. The lowest BCUT2D eigenvalue weighted by atomic mass is 10.1. The maximum Gasteiger partial charge on any atom is 0.255 e. The summed E-state index contributed by atoms with van der Waals surface area (Å²) in [7, 11) is 0. The predicted molar refractivity (Wildman–Crippen MR) is 136 cm³/mol. The van der Waals surface area contributed by atoms with E-state index < -0.39 is 0 Å². The van der Waals surface area contributed by atoms with E-state index in [4.69, 9.17) is 9.47 Å². The number of aromatic hydroxyl groups is 1. The smallest absolute Gasteiger partial charge is 0.255 e. The van der Waals surface area contributed by atoms with Gasteiger partial charge in [-0.15, -0.1) is 24.0 Å². The maximum atomic E-state index is 12.2. The number of phenolic OH excluding ortho intramolecular Hbond substituents is 1. The minimum Gasteiger partial charge on any atom is -0.507 e. The zero-order chi connectivity index (χ0) is 21.9. The molecule has 0 saturated carbocycles. The first-order valence-electron chi connectivity index (χ1n) is 11.5. The van der Waals surface area contributed by atoms with Gasteiger partial charge in [-0.2, -0.15) is 0 Å². The average Bonchev–Trinajstić information content (AvgIpc) is 2.81. The third-order valence-corrected chi connectivity index (χ3v) is 5.68. The van der Waals surface area contributed by atoms with Gasteiger partial charge in [-0.1, -0.05) is 12.1 Å². The van der Waals surface area contributed by atoms with Crippen LogP contribution in [-0.4, -0.2) is 80.0 Å². The van der Waals surface area contributed by atoms with Crippen LogP contribution in [-0.2, 0) is 9.47 Å². The number of nitrogens with zero attached hydrogens (tertiary/aromatic N) is 2. The van der Waals surface area contributed by atoms with Crippen molar-refractivity contribution in [3.05, 3.63) is 29.8 Å². The van der Waals surface area contributed by atoms with Crippen LogP contribution in [0.3, 0.4) is 0 Å². The standard InChI is InChI=1S/C23H36N4O4.HI/c1-2-24-23(26-13-12-25-22(29)20-8-3-4-9-21(20)28)27-14-10-18(11-15-27)31-17-19-7-5-6-16-30-19;/h3-4,8-9,18-19,28H,2,5-7,10-17H2,1H3,(H,24,26)(H,25,29);1H. The highest BCUT2D eigenvalue weighted by molar-refractivity contribution is 14.0. The normalized spacial score (nSPS) is 19.8. The summed E-state index contributed by atoms with van der Waals surface area (Å²) in [5.41, 5.74) is 0.277. The van der Waals surface area contributed by atoms with Gasteiger partial charge >= 0.3 is 0 Å². The van der Waals surface area contributed by atoms with Crippen LogP contribution >= 0.6 is 24.0 Å². The third kappa shape index (κ3) is 8.40. The number of likely N-dealkylation sites (tertiary alicyclic amines) is 1. The molecular formula is C23H37IN4O4. The lowest BCUT2D eigenvalue weighted by Gasteiger charge is -2.35. The zero-order valence-electron chi connectivity index (χ0n) is 18.9. The number of carbonyl (C=O) groups is 1. The second-order valence-electron chi connectivity index (χ2n) is 8.02. The molecular weight excluding hydrogens is 523 g/mol. The number of hydrogen-bond acceptors (Lipinski definition) is 5. The SMILES string of the molecule is CCNC(=NCCNC(=O)c1ccccc1O)N1CCC(OCC2CCCCO2)CC1.I. The van der Waals surface area contributed by atoms with E-state index in [1.165, 1.54) is 18.9 Å². The Labute approximate surface area is 208 Å². The minimum absolute atomic E-state index is 0. The molecule has 9 heteroatoms. The molecule has 3 N–H and O–H groups in total. The van der Waals surface area contributed by atoms with Gasteiger partial charge in [0.15, 0.2) is 5.96 Å². The molecule has 0 radical (unpaired) electrons. The molecule has 32 heavy (non-hydrogen) atoms. The summed E-state index contributed by atoms with van der Waals surface area (Å²) in [4.78, 5) is 19.1. The Bertz CT molecular complexity index is 720. The molecule has 1 amide bonds. The Morgan fingerprint density at radius 2 is 2.00 bits per heavy atom. The van der Waals surface area contributed by atoms with Gasteiger partial charge in [0.1, 0.15) is 5.75 Å². The van der Waals surface area contributed by atoms with E-state index in [-0.39, 0.29) is 53.4 Å². The molecule has 2 heterocycles. The number of para-hydroxylation sites is 1. The number of phenols is 1. The van der Waals surface area contributed by atoms with Crippen molar-refractivity contribution < 1.29 is 19.4 Å². The lowest BCUT2D eigenvalue weighted by molar-refractivity contribution is -0.0721. The van der Waals surface area contributed by atoms with E-state index in [1.807, 2.05) is 0 Å². The number of guanidine groups is 1. The van der Waals surface area contributed by atoms with Crippen molar-refractivity contribution in [1.82, 2.24) is 15.5 Å². The molecule has 0 aliphatic carbocycles. The Hall–Kier alpha value is -1.59. The van der Waals surface area contributed by atoms with Crippen LogP contribution in [0.25, 0.3) is 0 Å². The quantitative estimate of drug-likeness (QED) is 0.196. The van der Waals surface area contributed by atoms with E-state index >= 15 is 0 Å². The number of amides is 1. The molecule has 8 nitrogen and oxygen atoms in total. The van der Waals surface area contributed by atoms with Crippen LogP contribution in [0.15, 0.2) is 29.3 Å². The molecule has 180 valence electrons. The van der Waals surface area contributed by atoms with Crippen molar-refractivity contribution >= 4 is 35.8 Å². The number of nitrogens with one attached hydrogen (secondary N) is 2.